The number of sulfonamides is 2. The summed E-state index contributed by atoms with van der Waals surface area (Å²) in [6.07, 6.45) is 3.88. The van der Waals surface area contributed by atoms with Crippen LogP contribution in [-0.4, -0.2) is 58.0 Å². The molecule has 29 heavy (non-hydrogen) atoms. The van der Waals surface area contributed by atoms with Gasteiger partial charge >= 0.3 is 0 Å². The summed E-state index contributed by atoms with van der Waals surface area (Å²) in [7, 11) is -7.20. The Morgan fingerprint density at radius 1 is 1.10 bits per heavy atom. The van der Waals surface area contributed by atoms with Gasteiger partial charge in [-0.25, -0.2) is 21.6 Å². The number of hydrogen-bond acceptors (Lipinski definition) is 5. The second-order valence-electron chi connectivity index (χ2n) is 7.41. The maximum Gasteiger partial charge on any atom is 0.243 e. The molecule has 2 heterocycles. The normalized spacial score (nSPS) is 25.1. The van der Waals surface area contributed by atoms with E-state index in [2.05, 4.69) is 10.0 Å². The predicted molar refractivity (Wildman–Crippen MR) is 111 cm³/mol. The van der Waals surface area contributed by atoms with E-state index in [-0.39, 0.29) is 51.9 Å². The van der Waals surface area contributed by atoms with E-state index in [4.69, 9.17) is 23.2 Å². The van der Waals surface area contributed by atoms with Crippen molar-refractivity contribution in [3.05, 3.63) is 28.2 Å². The average molecular weight is 484 g/mol. The Morgan fingerprint density at radius 3 is 2.17 bits per heavy atom. The standard InChI is InChI=1S/C17H23Cl2N3O5S2/c1-28(24,25)22-12-5-6-13(22)10-11(9-12)21-16(23)7-8-20-29(26,27)17-14(18)3-2-4-15(17)19/h2-4,11-13,20H,5-10H2,1H3,(H,21,23). The first-order valence-electron chi connectivity index (χ1n) is 9.20. The van der Waals surface area contributed by atoms with Crippen molar-refractivity contribution >= 4 is 49.2 Å². The summed E-state index contributed by atoms with van der Waals surface area (Å²) in [5.41, 5.74) is 0. The van der Waals surface area contributed by atoms with Crippen molar-refractivity contribution in [3.8, 4) is 0 Å². The SMILES string of the molecule is CS(=O)(=O)N1C2CCC1CC(NC(=O)CCNS(=O)(=O)c1c(Cl)cccc1Cl)C2. The van der Waals surface area contributed by atoms with Crippen LogP contribution < -0.4 is 10.0 Å². The molecule has 2 aliphatic rings. The number of nitrogens with zero attached hydrogens (tertiary/aromatic N) is 1. The summed E-state index contributed by atoms with van der Waals surface area (Å²) in [5.74, 6) is -0.296. The maximum atomic E-state index is 12.4. The van der Waals surface area contributed by atoms with E-state index < -0.39 is 20.0 Å². The van der Waals surface area contributed by atoms with Crippen LogP contribution in [0, 0.1) is 0 Å². The number of hydrogen-bond donors (Lipinski definition) is 2. The molecule has 1 aromatic carbocycles. The van der Waals surface area contributed by atoms with Crippen molar-refractivity contribution in [1.82, 2.24) is 14.3 Å². The van der Waals surface area contributed by atoms with E-state index in [1.165, 1.54) is 18.4 Å². The molecule has 1 aromatic rings. The minimum absolute atomic E-state index is 0.00237. The van der Waals surface area contributed by atoms with Gasteiger partial charge in [-0.15, -0.1) is 0 Å². The van der Waals surface area contributed by atoms with Crippen molar-refractivity contribution < 1.29 is 21.6 Å². The highest BCUT2D eigenvalue weighted by Crippen LogP contribution is 2.37. The highest BCUT2D eigenvalue weighted by Gasteiger charge is 2.45. The summed E-state index contributed by atoms with van der Waals surface area (Å²) in [4.78, 5) is 12.0. The molecule has 2 N–H and O–H groups in total. The van der Waals surface area contributed by atoms with Crippen LogP contribution in [0.2, 0.25) is 10.0 Å². The molecule has 3 rings (SSSR count). The molecule has 2 saturated heterocycles. The molecular formula is C17H23Cl2N3O5S2. The fraction of sp³-hybridized carbons (Fsp3) is 0.588. The minimum Gasteiger partial charge on any atom is -0.353 e. The minimum atomic E-state index is -3.95. The molecule has 0 aliphatic carbocycles. The zero-order chi connectivity index (χ0) is 21.4. The van der Waals surface area contributed by atoms with Crippen LogP contribution >= 0.6 is 23.2 Å². The van der Waals surface area contributed by atoms with Crippen molar-refractivity contribution in [2.24, 2.45) is 0 Å². The molecule has 0 saturated carbocycles. The predicted octanol–water partition coefficient (Wildman–Crippen LogP) is 1.73. The molecule has 2 atom stereocenters. The second kappa shape index (κ2) is 8.68. The molecule has 2 bridgehead atoms. The van der Waals surface area contributed by atoms with Gasteiger partial charge < -0.3 is 5.32 Å². The number of rotatable bonds is 7. The van der Waals surface area contributed by atoms with E-state index in [0.717, 1.165) is 12.8 Å². The molecule has 2 unspecified atom stereocenters. The topological polar surface area (TPSA) is 113 Å². The number of carbonyl (C=O) groups excluding carboxylic acids is 1. The lowest BCUT2D eigenvalue weighted by molar-refractivity contribution is -0.122. The molecule has 2 fully saturated rings. The van der Waals surface area contributed by atoms with Gasteiger partial charge in [0.2, 0.25) is 26.0 Å². The molecule has 0 spiro atoms. The van der Waals surface area contributed by atoms with Crippen LogP contribution in [0.5, 0.6) is 0 Å². The summed E-state index contributed by atoms with van der Waals surface area (Å²) >= 11 is 11.9. The molecular weight excluding hydrogens is 461 g/mol. The van der Waals surface area contributed by atoms with Gasteiger partial charge in [-0.1, -0.05) is 29.3 Å². The summed E-state index contributed by atoms with van der Waals surface area (Å²) in [6, 6.07) is 4.09. The fourth-order valence-corrected chi connectivity index (χ4v) is 7.84. The Kier molecular flexibility index (Phi) is 6.82. The van der Waals surface area contributed by atoms with Gasteiger partial charge in [0.1, 0.15) is 4.90 Å². The Hall–Kier alpha value is -0.910. The number of nitrogens with one attached hydrogen (secondary N) is 2. The number of halogens is 2. The van der Waals surface area contributed by atoms with E-state index >= 15 is 0 Å². The molecule has 12 heteroatoms. The lowest BCUT2D eigenvalue weighted by Gasteiger charge is -2.37. The highest BCUT2D eigenvalue weighted by molar-refractivity contribution is 7.89. The Bertz CT molecular complexity index is 966. The van der Waals surface area contributed by atoms with Gasteiger partial charge in [-0.2, -0.15) is 4.31 Å². The van der Waals surface area contributed by atoms with Gasteiger partial charge in [-0.3, -0.25) is 4.79 Å². The largest absolute Gasteiger partial charge is 0.353 e. The van der Waals surface area contributed by atoms with Crippen molar-refractivity contribution in [1.29, 1.82) is 0 Å². The third kappa shape index (κ3) is 5.23. The summed E-state index contributed by atoms with van der Waals surface area (Å²) < 4.78 is 52.6. The van der Waals surface area contributed by atoms with E-state index in [9.17, 15) is 21.6 Å². The quantitative estimate of drug-likeness (QED) is 0.612. The Balaban J connectivity index is 1.51. The number of fused-ring (bicyclic) bond motifs is 2. The van der Waals surface area contributed by atoms with Crippen LogP contribution in [0.15, 0.2) is 23.1 Å². The van der Waals surface area contributed by atoms with Crippen LogP contribution in [0.1, 0.15) is 32.1 Å². The maximum absolute atomic E-state index is 12.4. The monoisotopic (exact) mass is 483 g/mol. The summed E-state index contributed by atoms with van der Waals surface area (Å²) in [6.45, 7) is -0.106. The third-order valence-corrected chi connectivity index (χ3v) is 9.02. The first-order chi connectivity index (χ1) is 13.5. The average Bonchev–Trinajstić information content (AvgIpc) is 2.86. The van der Waals surface area contributed by atoms with Gasteiger partial charge in [0, 0.05) is 31.1 Å². The molecule has 2 aliphatic heterocycles. The molecule has 0 radical (unpaired) electrons. The lowest BCUT2D eigenvalue weighted by Crippen LogP contribution is -2.52. The third-order valence-electron chi connectivity index (χ3n) is 5.25. The molecule has 162 valence electrons. The van der Waals surface area contributed by atoms with E-state index in [1.807, 2.05) is 0 Å². The smallest absolute Gasteiger partial charge is 0.243 e. The van der Waals surface area contributed by atoms with Crippen LogP contribution in [0.4, 0.5) is 0 Å². The Labute approximate surface area is 181 Å². The van der Waals surface area contributed by atoms with Gasteiger partial charge in [-0.05, 0) is 37.8 Å². The zero-order valence-electron chi connectivity index (χ0n) is 15.8. The number of amides is 1. The lowest BCUT2D eigenvalue weighted by atomic mass is 9.99. The van der Waals surface area contributed by atoms with Gasteiger partial charge in [0.15, 0.2) is 0 Å². The van der Waals surface area contributed by atoms with Crippen molar-refractivity contribution in [2.45, 2.75) is 55.1 Å². The zero-order valence-corrected chi connectivity index (χ0v) is 18.9. The van der Waals surface area contributed by atoms with Crippen LogP contribution in [0.3, 0.4) is 0 Å². The van der Waals surface area contributed by atoms with E-state index in [1.54, 1.807) is 10.4 Å². The van der Waals surface area contributed by atoms with Gasteiger partial charge in [0.25, 0.3) is 0 Å². The summed E-state index contributed by atoms with van der Waals surface area (Å²) in [5, 5.41) is 2.90. The van der Waals surface area contributed by atoms with Crippen molar-refractivity contribution in [2.75, 3.05) is 12.8 Å². The Morgan fingerprint density at radius 2 is 1.66 bits per heavy atom. The number of piperidine rings is 1. The van der Waals surface area contributed by atoms with Crippen molar-refractivity contribution in [3.63, 3.8) is 0 Å². The van der Waals surface area contributed by atoms with Crippen LogP contribution in [0.25, 0.3) is 0 Å². The highest BCUT2D eigenvalue weighted by atomic mass is 35.5. The molecule has 0 aromatic heterocycles. The molecule has 1 amide bonds. The first-order valence-corrected chi connectivity index (χ1v) is 13.3. The fourth-order valence-electron chi connectivity index (χ4n) is 4.20. The molecule has 8 nitrogen and oxygen atoms in total. The van der Waals surface area contributed by atoms with Gasteiger partial charge in [0.05, 0.1) is 16.3 Å². The second-order valence-corrected chi connectivity index (χ2v) is 11.8. The van der Waals surface area contributed by atoms with E-state index in [0.29, 0.717) is 12.8 Å². The first kappa shape index (κ1) is 22.8. The van der Waals surface area contributed by atoms with Crippen LogP contribution in [-0.2, 0) is 24.8 Å². The number of benzene rings is 1. The number of carbonyl (C=O) groups is 1.